The van der Waals surface area contributed by atoms with E-state index < -0.39 is 0 Å². The minimum atomic E-state index is -0.320. The van der Waals surface area contributed by atoms with E-state index >= 15 is 0 Å². The maximum atomic E-state index is 14.6. The highest BCUT2D eigenvalue weighted by atomic mass is 19.1. The van der Waals surface area contributed by atoms with Crippen molar-refractivity contribution in [1.29, 1.82) is 0 Å². The summed E-state index contributed by atoms with van der Waals surface area (Å²) in [5.74, 6) is -0.156. The van der Waals surface area contributed by atoms with Crippen LogP contribution < -0.4 is 5.32 Å². The van der Waals surface area contributed by atoms with Gasteiger partial charge in [0, 0.05) is 18.7 Å². The molecule has 0 fully saturated rings. The van der Waals surface area contributed by atoms with Crippen LogP contribution in [0.3, 0.4) is 0 Å². The van der Waals surface area contributed by atoms with E-state index in [9.17, 15) is 4.39 Å². The van der Waals surface area contributed by atoms with Gasteiger partial charge in [0.05, 0.1) is 5.71 Å². The quantitative estimate of drug-likeness (QED) is 0.248. The lowest BCUT2D eigenvalue weighted by Crippen LogP contribution is -2.03. The van der Waals surface area contributed by atoms with E-state index in [4.69, 9.17) is 4.84 Å². The van der Waals surface area contributed by atoms with Crippen LogP contribution in [0.1, 0.15) is 61.9 Å². The smallest absolute Gasteiger partial charge is 0.189 e. The van der Waals surface area contributed by atoms with Crippen molar-refractivity contribution in [2.75, 3.05) is 11.9 Å². The summed E-state index contributed by atoms with van der Waals surface area (Å²) in [6, 6.07) is 8.64. The molecule has 1 aliphatic carbocycles. The molecular weight excluding hydrogens is 435 g/mol. The second-order valence-electron chi connectivity index (χ2n) is 9.59. The molecule has 1 aliphatic rings. The van der Waals surface area contributed by atoms with Gasteiger partial charge in [-0.15, -0.1) is 0 Å². The van der Waals surface area contributed by atoms with Gasteiger partial charge in [0.25, 0.3) is 0 Å². The van der Waals surface area contributed by atoms with E-state index in [-0.39, 0.29) is 18.0 Å². The Kier molecular flexibility index (Phi) is 8.50. The van der Waals surface area contributed by atoms with Crippen molar-refractivity contribution < 1.29 is 9.23 Å². The van der Waals surface area contributed by atoms with Crippen molar-refractivity contribution in [3.8, 4) is 11.1 Å². The maximum absolute atomic E-state index is 14.6. The lowest BCUT2D eigenvalue weighted by Gasteiger charge is -2.22. The van der Waals surface area contributed by atoms with Crippen molar-refractivity contribution >= 4 is 17.0 Å². The van der Waals surface area contributed by atoms with Crippen molar-refractivity contribution in [3.05, 3.63) is 93.5 Å². The number of hydrogen-bond donors (Lipinski definition) is 1. The standard InChI is InChI=1S/C31H37FN2O/c1-19(2)17-18-33-27-13-9-25(10-14-27)30-21(5)23(7)31(24(8)22(30)6)26-11-15-28(32)29(16-12-26)35-34-20(3)4/h9-14,16-17,33H,15,18H2,1-8H3. The fourth-order valence-electron chi connectivity index (χ4n) is 4.34. The summed E-state index contributed by atoms with van der Waals surface area (Å²) >= 11 is 0. The molecule has 1 N–H and O–H groups in total. The average Bonchev–Trinajstić information content (AvgIpc) is 2.99. The summed E-state index contributed by atoms with van der Waals surface area (Å²) < 4.78 is 14.6. The second kappa shape index (κ2) is 11.4. The van der Waals surface area contributed by atoms with Gasteiger partial charge in [0.15, 0.2) is 5.76 Å². The fraction of sp³-hybridized carbons (Fsp3) is 0.323. The number of nitrogens with one attached hydrogen (secondary N) is 1. The van der Waals surface area contributed by atoms with Crippen LogP contribution in [0.2, 0.25) is 0 Å². The summed E-state index contributed by atoms with van der Waals surface area (Å²) in [5.41, 5.74) is 12.7. The summed E-state index contributed by atoms with van der Waals surface area (Å²) in [6.45, 7) is 17.3. The zero-order valence-corrected chi connectivity index (χ0v) is 22.3. The Morgan fingerprint density at radius 2 is 1.51 bits per heavy atom. The molecule has 0 amide bonds. The third-order valence-electron chi connectivity index (χ3n) is 6.41. The maximum Gasteiger partial charge on any atom is 0.189 e. The van der Waals surface area contributed by atoms with Crippen LogP contribution in [0, 0.1) is 27.7 Å². The molecule has 0 aromatic heterocycles. The Morgan fingerprint density at radius 3 is 2.09 bits per heavy atom. The van der Waals surface area contributed by atoms with Gasteiger partial charge in [-0.2, -0.15) is 0 Å². The molecule has 0 saturated heterocycles. The first-order valence-electron chi connectivity index (χ1n) is 12.1. The molecular formula is C31H37FN2O. The summed E-state index contributed by atoms with van der Waals surface area (Å²) in [7, 11) is 0. The summed E-state index contributed by atoms with van der Waals surface area (Å²) in [4.78, 5) is 5.32. The Balaban J connectivity index is 1.95. The molecule has 0 heterocycles. The first kappa shape index (κ1) is 26.2. The van der Waals surface area contributed by atoms with Crippen LogP contribution in [-0.2, 0) is 4.84 Å². The topological polar surface area (TPSA) is 33.6 Å². The molecule has 184 valence electrons. The van der Waals surface area contributed by atoms with E-state index in [1.54, 1.807) is 6.08 Å². The van der Waals surface area contributed by atoms with E-state index in [1.165, 1.54) is 39.0 Å². The normalized spacial score (nSPS) is 13.2. The average molecular weight is 473 g/mol. The van der Waals surface area contributed by atoms with Gasteiger partial charge in [-0.05, 0) is 118 Å². The molecule has 2 aromatic rings. The largest absolute Gasteiger partial charge is 0.382 e. The Labute approximate surface area is 209 Å². The number of anilines is 1. The summed E-state index contributed by atoms with van der Waals surface area (Å²) in [5, 5.41) is 7.36. The van der Waals surface area contributed by atoms with Crippen LogP contribution in [0.15, 0.2) is 70.9 Å². The highest BCUT2D eigenvalue weighted by Crippen LogP contribution is 2.39. The molecule has 0 bridgehead atoms. The number of oxime groups is 1. The Bertz CT molecular complexity index is 1220. The molecule has 2 aromatic carbocycles. The molecule has 0 radical (unpaired) electrons. The molecule has 0 spiro atoms. The fourth-order valence-corrected chi connectivity index (χ4v) is 4.34. The number of allylic oxidation sites excluding steroid dienone is 6. The molecule has 3 nitrogen and oxygen atoms in total. The number of nitrogens with zero attached hydrogens (tertiary/aromatic N) is 1. The molecule has 0 atom stereocenters. The van der Waals surface area contributed by atoms with Gasteiger partial charge in [-0.3, -0.25) is 0 Å². The van der Waals surface area contributed by atoms with Gasteiger partial charge >= 0.3 is 0 Å². The van der Waals surface area contributed by atoms with Gasteiger partial charge in [-0.25, -0.2) is 4.39 Å². The van der Waals surface area contributed by atoms with Gasteiger partial charge < -0.3 is 10.2 Å². The molecule has 4 heteroatoms. The third-order valence-corrected chi connectivity index (χ3v) is 6.41. The van der Waals surface area contributed by atoms with Crippen molar-refractivity contribution in [3.63, 3.8) is 0 Å². The highest BCUT2D eigenvalue weighted by molar-refractivity contribution is 5.85. The Hall–Kier alpha value is -3.40. The van der Waals surface area contributed by atoms with E-state index in [1.807, 2.05) is 26.0 Å². The van der Waals surface area contributed by atoms with E-state index in [0.717, 1.165) is 29.1 Å². The number of halogens is 1. The number of hydrogen-bond acceptors (Lipinski definition) is 3. The number of rotatable bonds is 7. The van der Waals surface area contributed by atoms with Crippen LogP contribution in [0.25, 0.3) is 16.7 Å². The van der Waals surface area contributed by atoms with Crippen molar-refractivity contribution in [2.45, 2.75) is 61.8 Å². The zero-order chi connectivity index (χ0) is 25.7. The minimum absolute atomic E-state index is 0.163. The van der Waals surface area contributed by atoms with Gasteiger partial charge in [-0.1, -0.05) is 41.1 Å². The first-order chi connectivity index (χ1) is 16.6. The zero-order valence-electron chi connectivity index (χ0n) is 22.3. The second-order valence-corrected chi connectivity index (χ2v) is 9.59. The molecule has 0 saturated carbocycles. The SMILES string of the molecule is CC(C)=CCNc1ccc(-c2c(C)c(C)c(C3=CCC(F)=C(ON=C(C)C)C=C3)c(C)c2C)cc1. The van der Waals surface area contributed by atoms with Gasteiger partial charge in [0.1, 0.15) is 5.83 Å². The predicted molar refractivity (Wildman–Crippen MR) is 148 cm³/mol. The monoisotopic (exact) mass is 472 g/mol. The van der Waals surface area contributed by atoms with Crippen LogP contribution in [-0.4, -0.2) is 12.3 Å². The van der Waals surface area contributed by atoms with Crippen LogP contribution in [0.4, 0.5) is 10.1 Å². The Morgan fingerprint density at radius 1 is 0.914 bits per heavy atom. The number of benzene rings is 2. The lowest BCUT2D eigenvalue weighted by molar-refractivity contribution is 0.227. The van der Waals surface area contributed by atoms with Crippen LogP contribution >= 0.6 is 0 Å². The molecule has 3 rings (SSSR count). The van der Waals surface area contributed by atoms with E-state index in [2.05, 4.69) is 82.4 Å². The first-order valence-corrected chi connectivity index (χ1v) is 12.1. The predicted octanol–water partition coefficient (Wildman–Crippen LogP) is 8.90. The highest BCUT2D eigenvalue weighted by Gasteiger charge is 2.19. The van der Waals surface area contributed by atoms with Crippen molar-refractivity contribution in [2.24, 2.45) is 5.16 Å². The van der Waals surface area contributed by atoms with Crippen LogP contribution in [0.5, 0.6) is 0 Å². The molecule has 0 aliphatic heterocycles. The van der Waals surface area contributed by atoms with Gasteiger partial charge in [0.2, 0.25) is 0 Å². The van der Waals surface area contributed by atoms with Crippen molar-refractivity contribution in [1.82, 2.24) is 0 Å². The molecule has 0 unspecified atom stereocenters. The third kappa shape index (κ3) is 6.19. The molecule has 35 heavy (non-hydrogen) atoms. The van der Waals surface area contributed by atoms with E-state index in [0.29, 0.717) is 0 Å². The summed E-state index contributed by atoms with van der Waals surface area (Å²) in [6.07, 6.45) is 7.91. The minimum Gasteiger partial charge on any atom is -0.382 e. The lowest BCUT2D eigenvalue weighted by atomic mass is 9.83.